The van der Waals surface area contributed by atoms with E-state index < -0.39 is 53.9 Å². The highest BCUT2D eigenvalue weighted by Gasteiger charge is 2.66. The third-order valence-electron chi connectivity index (χ3n) is 6.12. The summed E-state index contributed by atoms with van der Waals surface area (Å²) in [5.41, 5.74) is -5.12. The van der Waals surface area contributed by atoms with Gasteiger partial charge in [-0.2, -0.15) is 0 Å². The lowest BCUT2D eigenvalue weighted by Gasteiger charge is -2.48. The van der Waals surface area contributed by atoms with Crippen molar-refractivity contribution in [3.8, 4) is 0 Å². The highest BCUT2D eigenvalue weighted by molar-refractivity contribution is 6.10. The van der Waals surface area contributed by atoms with Crippen molar-refractivity contribution in [1.82, 2.24) is 0 Å². The molecule has 1 aliphatic rings. The molecule has 5 atom stereocenters. The Morgan fingerprint density at radius 3 is 1.97 bits per heavy atom. The van der Waals surface area contributed by atoms with Gasteiger partial charge in [0.05, 0.1) is 13.2 Å². The first kappa shape index (κ1) is 23.0. The van der Waals surface area contributed by atoms with E-state index in [0.717, 1.165) is 0 Å². The van der Waals surface area contributed by atoms with E-state index in [4.69, 9.17) is 4.74 Å². The minimum atomic E-state index is -2.84. The Bertz CT molecular complexity index is 958. The number of rotatable bonds is 7. The third kappa shape index (κ3) is 3.85. The molecule has 0 spiro atoms. The summed E-state index contributed by atoms with van der Waals surface area (Å²) in [4.78, 5) is 39.4. The first-order chi connectivity index (χ1) is 14.6. The number of Topliss-reactive ketones (excluding diaryl/α,β-unsaturated/α-hetero) is 3. The summed E-state index contributed by atoms with van der Waals surface area (Å²) in [6.07, 6.45) is -1.85. The molecular formula is C24H26O7. The molecule has 2 aromatic rings. The number of carbonyl (C=O) groups excluding carboxylic acids is 3. The molecule has 7 heteroatoms. The highest BCUT2D eigenvalue weighted by Crippen LogP contribution is 2.38. The molecule has 0 aliphatic carbocycles. The third-order valence-corrected chi connectivity index (χ3v) is 6.12. The van der Waals surface area contributed by atoms with Gasteiger partial charge in [0, 0.05) is 23.0 Å². The van der Waals surface area contributed by atoms with Crippen LogP contribution in [-0.4, -0.2) is 63.2 Å². The number of ether oxygens (including phenoxy) is 1. The van der Waals surface area contributed by atoms with Crippen molar-refractivity contribution < 1.29 is 34.4 Å². The summed E-state index contributed by atoms with van der Waals surface area (Å²) in [5, 5.41) is 33.1. The molecule has 1 saturated heterocycles. The Morgan fingerprint density at radius 2 is 1.42 bits per heavy atom. The van der Waals surface area contributed by atoms with E-state index in [1.54, 1.807) is 48.5 Å². The van der Waals surface area contributed by atoms with Crippen LogP contribution in [0.1, 0.15) is 34.6 Å². The van der Waals surface area contributed by atoms with E-state index in [0.29, 0.717) is 5.56 Å². The second-order valence-electron chi connectivity index (χ2n) is 8.02. The van der Waals surface area contributed by atoms with Gasteiger partial charge < -0.3 is 20.1 Å². The molecule has 164 valence electrons. The molecule has 0 saturated carbocycles. The molecule has 7 nitrogen and oxygen atoms in total. The SMILES string of the molecule is CC(C(=O)c1ccccc1)C(C)C(=O)[C@]1(O)[C@H](O)COC[C@]1(O)C(=O)c1ccccc1. The maximum Gasteiger partial charge on any atom is 0.200 e. The first-order valence-corrected chi connectivity index (χ1v) is 10.1. The van der Waals surface area contributed by atoms with Gasteiger partial charge in [-0.15, -0.1) is 0 Å². The molecule has 31 heavy (non-hydrogen) atoms. The minimum absolute atomic E-state index is 0.0509. The van der Waals surface area contributed by atoms with E-state index in [1.165, 1.54) is 26.0 Å². The maximum absolute atomic E-state index is 13.4. The summed E-state index contributed by atoms with van der Waals surface area (Å²) in [6, 6.07) is 16.0. The van der Waals surface area contributed by atoms with Crippen LogP contribution in [0.5, 0.6) is 0 Å². The van der Waals surface area contributed by atoms with E-state index in [9.17, 15) is 29.7 Å². The summed E-state index contributed by atoms with van der Waals surface area (Å²) in [5.74, 6) is -4.24. The number of hydrogen-bond acceptors (Lipinski definition) is 7. The first-order valence-electron chi connectivity index (χ1n) is 10.1. The number of carbonyl (C=O) groups is 3. The molecule has 3 N–H and O–H groups in total. The Balaban J connectivity index is 1.96. The van der Waals surface area contributed by atoms with Gasteiger partial charge in [-0.05, 0) is 0 Å². The van der Waals surface area contributed by atoms with Crippen molar-refractivity contribution in [3.05, 3.63) is 71.8 Å². The van der Waals surface area contributed by atoms with Crippen LogP contribution in [-0.2, 0) is 9.53 Å². The number of aliphatic hydroxyl groups is 3. The lowest BCUT2D eigenvalue weighted by molar-refractivity contribution is -0.238. The van der Waals surface area contributed by atoms with E-state index in [-0.39, 0.29) is 11.3 Å². The lowest BCUT2D eigenvalue weighted by atomic mass is 9.66. The molecule has 0 bridgehead atoms. The van der Waals surface area contributed by atoms with Crippen LogP contribution in [0, 0.1) is 11.8 Å². The maximum atomic E-state index is 13.4. The standard InChI is InChI=1S/C24H26O7/c1-15(20(26)17-9-5-3-6-10-17)16(2)21(27)24(30)19(25)13-31-14-23(24,29)22(28)18-11-7-4-8-12-18/h3-12,15-16,19,25,29-30H,13-14H2,1-2H3/t15?,16?,19-,23+,24-/m1/s1. The molecule has 0 aromatic heterocycles. The van der Waals surface area contributed by atoms with Gasteiger partial charge in [0.2, 0.25) is 0 Å². The molecule has 3 rings (SSSR count). The van der Waals surface area contributed by atoms with Gasteiger partial charge in [-0.1, -0.05) is 74.5 Å². The topological polar surface area (TPSA) is 121 Å². The van der Waals surface area contributed by atoms with Crippen molar-refractivity contribution in [2.24, 2.45) is 11.8 Å². The zero-order chi connectivity index (χ0) is 22.8. The van der Waals surface area contributed by atoms with E-state index >= 15 is 0 Å². The molecule has 1 aliphatic heterocycles. The van der Waals surface area contributed by atoms with E-state index in [1.807, 2.05) is 0 Å². The smallest absolute Gasteiger partial charge is 0.200 e. The van der Waals surface area contributed by atoms with Gasteiger partial charge in [0.15, 0.2) is 28.6 Å². The van der Waals surface area contributed by atoms with Crippen molar-refractivity contribution in [2.45, 2.75) is 31.2 Å². The molecule has 1 heterocycles. The van der Waals surface area contributed by atoms with Crippen LogP contribution in [0.2, 0.25) is 0 Å². The van der Waals surface area contributed by atoms with Gasteiger partial charge in [0.25, 0.3) is 0 Å². The van der Waals surface area contributed by atoms with Crippen LogP contribution < -0.4 is 0 Å². The van der Waals surface area contributed by atoms with Crippen molar-refractivity contribution in [1.29, 1.82) is 0 Å². The normalized spacial score (nSPS) is 27.8. The van der Waals surface area contributed by atoms with Crippen molar-refractivity contribution >= 4 is 17.3 Å². The van der Waals surface area contributed by atoms with Gasteiger partial charge in [-0.25, -0.2) is 0 Å². The van der Waals surface area contributed by atoms with Crippen molar-refractivity contribution in [2.75, 3.05) is 13.2 Å². The average molecular weight is 426 g/mol. The summed E-state index contributed by atoms with van der Waals surface area (Å²) >= 11 is 0. The predicted octanol–water partition coefficient (Wildman–Crippen LogP) is 1.45. The molecule has 0 amide bonds. The Kier molecular flexibility index (Phi) is 6.52. The molecule has 1 fully saturated rings. The fourth-order valence-corrected chi connectivity index (χ4v) is 3.93. The quantitative estimate of drug-likeness (QED) is 0.573. The summed E-state index contributed by atoms with van der Waals surface area (Å²) in [7, 11) is 0. The van der Waals surface area contributed by atoms with Gasteiger partial charge in [-0.3, -0.25) is 14.4 Å². The molecule has 2 aromatic carbocycles. The van der Waals surface area contributed by atoms with Crippen LogP contribution in [0.3, 0.4) is 0 Å². The molecule has 2 unspecified atom stereocenters. The number of benzene rings is 2. The molecular weight excluding hydrogens is 400 g/mol. The van der Waals surface area contributed by atoms with Gasteiger partial charge >= 0.3 is 0 Å². The summed E-state index contributed by atoms with van der Waals surface area (Å²) < 4.78 is 5.14. The van der Waals surface area contributed by atoms with Crippen LogP contribution in [0.15, 0.2) is 60.7 Å². The van der Waals surface area contributed by atoms with Gasteiger partial charge in [0.1, 0.15) is 6.10 Å². The predicted molar refractivity (Wildman–Crippen MR) is 112 cm³/mol. The zero-order valence-electron chi connectivity index (χ0n) is 17.4. The Morgan fingerprint density at radius 1 is 0.903 bits per heavy atom. The monoisotopic (exact) mass is 426 g/mol. The second-order valence-corrected chi connectivity index (χ2v) is 8.02. The average Bonchev–Trinajstić information content (AvgIpc) is 2.81. The lowest BCUT2D eigenvalue weighted by Crippen LogP contribution is -2.75. The van der Waals surface area contributed by atoms with Crippen LogP contribution in [0.4, 0.5) is 0 Å². The Hall–Kier alpha value is -2.71. The summed E-state index contributed by atoms with van der Waals surface area (Å²) in [6.45, 7) is 1.85. The number of ketones is 3. The van der Waals surface area contributed by atoms with Crippen LogP contribution in [0.25, 0.3) is 0 Å². The second kappa shape index (κ2) is 8.80. The molecule has 0 radical (unpaired) electrons. The van der Waals surface area contributed by atoms with Crippen LogP contribution >= 0.6 is 0 Å². The zero-order valence-corrected chi connectivity index (χ0v) is 17.4. The number of aliphatic hydroxyl groups excluding tert-OH is 1. The Labute approximate surface area is 180 Å². The highest BCUT2D eigenvalue weighted by atomic mass is 16.5. The van der Waals surface area contributed by atoms with Crippen molar-refractivity contribution in [3.63, 3.8) is 0 Å². The van der Waals surface area contributed by atoms with E-state index in [2.05, 4.69) is 0 Å². The minimum Gasteiger partial charge on any atom is -0.387 e. The fourth-order valence-electron chi connectivity index (χ4n) is 3.93. The number of hydrogen-bond donors (Lipinski definition) is 3. The fraction of sp³-hybridized carbons (Fsp3) is 0.375. The largest absolute Gasteiger partial charge is 0.387 e.